The third kappa shape index (κ3) is 14.6. The van der Waals surface area contributed by atoms with Crippen LogP contribution in [0.25, 0.3) is 0 Å². The highest BCUT2D eigenvalue weighted by Gasteiger charge is 2.30. The van der Waals surface area contributed by atoms with Gasteiger partial charge in [-0.25, -0.2) is 19.2 Å². The summed E-state index contributed by atoms with van der Waals surface area (Å²) in [7, 11) is 2.38. The van der Waals surface area contributed by atoms with Gasteiger partial charge in [0.05, 0.1) is 0 Å². The van der Waals surface area contributed by atoms with Crippen molar-refractivity contribution in [3.63, 3.8) is 0 Å². The topological polar surface area (TPSA) is 156 Å². The molecule has 40 heavy (non-hydrogen) atoms. The van der Waals surface area contributed by atoms with Gasteiger partial charge < -0.3 is 25.3 Å². The molecule has 1 aromatic rings. The van der Waals surface area contributed by atoms with Crippen LogP contribution in [-0.4, -0.2) is 86.8 Å². The lowest BCUT2D eigenvalue weighted by Crippen LogP contribution is -2.45. The Bertz CT molecular complexity index is 947. The molecule has 4 N–H and O–H groups in total. The molecule has 3 rings (SSSR count). The van der Waals surface area contributed by atoms with Crippen molar-refractivity contribution in [1.82, 2.24) is 9.80 Å². The number of aliphatic carboxylic acids is 4. The Hall–Kier alpha value is -3.50. The van der Waals surface area contributed by atoms with Crippen molar-refractivity contribution >= 4 is 23.9 Å². The van der Waals surface area contributed by atoms with Crippen LogP contribution < -0.4 is 0 Å². The number of benzene rings is 1. The van der Waals surface area contributed by atoms with Gasteiger partial charge >= 0.3 is 23.9 Å². The largest absolute Gasteiger partial charge is 0.478 e. The lowest BCUT2D eigenvalue weighted by molar-refractivity contribution is -0.134. The fraction of sp³-hybridized carbons (Fsp3) is 0.533. The first-order valence-electron chi connectivity index (χ1n) is 13.7. The van der Waals surface area contributed by atoms with E-state index < -0.39 is 23.9 Å². The van der Waals surface area contributed by atoms with Crippen LogP contribution >= 0.6 is 0 Å². The average Bonchev–Trinajstić information content (AvgIpc) is 2.91. The number of carbonyl (C=O) groups is 4. The average molecular weight is 561 g/mol. The predicted molar refractivity (Wildman–Crippen MR) is 152 cm³/mol. The van der Waals surface area contributed by atoms with Gasteiger partial charge in [-0.15, -0.1) is 0 Å². The van der Waals surface area contributed by atoms with Crippen molar-refractivity contribution in [3.05, 3.63) is 59.7 Å². The van der Waals surface area contributed by atoms with Crippen LogP contribution in [0.2, 0.25) is 0 Å². The number of piperidine rings is 1. The standard InChI is InChI=1S/C22H36N2.2C4H4O4/c1-18(2)8-7-15-24-16-13-20(14-17-24)23(3)22-12-6-10-19-9-4-5-11-21(19)22;2*5-3(6)1-2-4(7)8/h4-5,9,11,18,20,22H,6-8,10,12-17H2,1-3H3;2*1-2H,(H,5,6)(H,7,8)/b;2*2-1-/t22-;;/m0../s1. The second kappa shape index (κ2) is 18.7. The lowest BCUT2D eigenvalue weighted by Gasteiger charge is -2.42. The molecule has 1 heterocycles. The summed E-state index contributed by atoms with van der Waals surface area (Å²) in [6, 6.07) is 10.6. The van der Waals surface area contributed by atoms with E-state index in [1.807, 2.05) is 0 Å². The second-order valence-corrected chi connectivity index (χ2v) is 10.4. The molecule has 222 valence electrons. The molecule has 1 saturated heterocycles. The van der Waals surface area contributed by atoms with E-state index in [1.54, 1.807) is 11.1 Å². The summed E-state index contributed by atoms with van der Waals surface area (Å²) in [5.74, 6) is -4.18. The molecule has 0 spiro atoms. The minimum absolute atomic E-state index is 0.558. The number of rotatable bonds is 10. The quantitative estimate of drug-likeness (QED) is 0.304. The molecule has 1 atom stereocenters. The van der Waals surface area contributed by atoms with E-state index in [9.17, 15) is 19.2 Å². The van der Waals surface area contributed by atoms with Crippen molar-refractivity contribution in [2.75, 3.05) is 26.7 Å². The molecule has 0 amide bonds. The Balaban J connectivity index is 0.000000412. The highest BCUT2D eigenvalue weighted by atomic mass is 16.4. The van der Waals surface area contributed by atoms with Crippen LogP contribution in [0, 0.1) is 5.92 Å². The third-order valence-corrected chi connectivity index (χ3v) is 6.96. The van der Waals surface area contributed by atoms with Gasteiger partial charge in [0.1, 0.15) is 0 Å². The van der Waals surface area contributed by atoms with Gasteiger partial charge in [0, 0.05) is 36.4 Å². The summed E-state index contributed by atoms with van der Waals surface area (Å²) in [6.45, 7) is 8.57. The molecule has 1 aromatic carbocycles. The van der Waals surface area contributed by atoms with Crippen molar-refractivity contribution in [2.24, 2.45) is 5.92 Å². The molecule has 10 heteroatoms. The van der Waals surface area contributed by atoms with Gasteiger partial charge in [-0.3, -0.25) is 4.90 Å². The second-order valence-electron chi connectivity index (χ2n) is 10.4. The molecule has 1 aliphatic carbocycles. The molecule has 0 aromatic heterocycles. The first-order chi connectivity index (χ1) is 18.9. The Morgan fingerprint density at radius 3 is 1.85 bits per heavy atom. The van der Waals surface area contributed by atoms with Crippen molar-refractivity contribution < 1.29 is 39.6 Å². The number of carboxylic acid groups (broad SMARTS) is 4. The van der Waals surface area contributed by atoms with Gasteiger partial charge in [0.25, 0.3) is 0 Å². The Morgan fingerprint density at radius 2 is 1.38 bits per heavy atom. The number of likely N-dealkylation sites (tertiary alicyclic amines) is 1. The number of aryl methyl sites for hydroxylation is 1. The maximum Gasteiger partial charge on any atom is 0.328 e. The van der Waals surface area contributed by atoms with Crippen LogP contribution in [0.5, 0.6) is 0 Å². The summed E-state index contributed by atoms with van der Waals surface area (Å²) < 4.78 is 0. The van der Waals surface area contributed by atoms with Gasteiger partial charge in [0.15, 0.2) is 0 Å². The fourth-order valence-electron chi connectivity index (χ4n) is 4.96. The van der Waals surface area contributed by atoms with E-state index in [0.717, 1.165) is 12.0 Å². The highest BCUT2D eigenvalue weighted by molar-refractivity contribution is 5.90. The molecular formula is C30H44N2O8. The minimum atomic E-state index is -1.26. The molecule has 0 saturated carbocycles. The molecule has 0 unspecified atom stereocenters. The van der Waals surface area contributed by atoms with Gasteiger partial charge in [0.2, 0.25) is 0 Å². The van der Waals surface area contributed by atoms with Crippen LogP contribution in [0.15, 0.2) is 48.6 Å². The zero-order valence-electron chi connectivity index (χ0n) is 23.7. The van der Waals surface area contributed by atoms with Crippen LogP contribution in [0.1, 0.15) is 69.5 Å². The normalized spacial score (nSPS) is 17.6. The Labute approximate surface area is 236 Å². The first kappa shape index (κ1) is 34.5. The van der Waals surface area contributed by atoms with E-state index in [0.29, 0.717) is 30.3 Å². The maximum absolute atomic E-state index is 9.55. The van der Waals surface area contributed by atoms with E-state index in [-0.39, 0.29) is 0 Å². The highest BCUT2D eigenvalue weighted by Crippen LogP contribution is 2.36. The number of hydrogen-bond donors (Lipinski definition) is 4. The summed E-state index contributed by atoms with van der Waals surface area (Å²) in [5, 5.41) is 31.2. The zero-order chi connectivity index (χ0) is 30.1. The van der Waals surface area contributed by atoms with E-state index >= 15 is 0 Å². The van der Waals surface area contributed by atoms with Crippen molar-refractivity contribution in [3.8, 4) is 0 Å². The van der Waals surface area contributed by atoms with Crippen LogP contribution in [-0.2, 0) is 25.6 Å². The molecule has 2 aliphatic rings. The number of carboxylic acids is 4. The predicted octanol–water partition coefficient (Wildman–Crippen LogP) is 4.32. The molecule has 1 aliphatic heterocycles. The SMILES string of the molecule is CC(C)CCCN1CCC(N(C)[C@H]2CCCc3ccccc32)CC1.O=C(O)/C=C\C(=O)O.O=C(O)/C=C\C(=O)O. The monoisotopic (exact) mass is 560 g/mol. The molecule has 10 nitrogen and oxygen atoms in total. The fourth-order valence-corrected chi connectivity index (χ4v) is 4.96. The van der Waals surface area contributed by atoms with E-state index in [2.05, 4.69) is 55.0 Å². The summed E-state index contributed by atoms with van der Waals surface area (Å²) in [5.41, 5.74) is 3.19. The number of nitrogens with zero attached hydrogens (tertiary/aromatic N) is 2. The molecule has 0 bridgehead atoms. The van der Waals surface area contributed by atoms with Crippen LogP contribution in [0.3, 0.4) is 0 Å². The molecular weight excluding hydrogens is 516 g/mol. The van der Waals surface area contributed by atoms with Gasteiger partial charge in [-0.2, -0.15) is 0 Å². The van der Waals surface area contributed by atoms with Gasteiger partial charge in [-0.05, 0) is 88.7 Å². The number of hydrogen-bond acceptors (Lipinski definition) is 6. The summed E-state index contributed by atoms with van der Waals surface area (Å²) in [6.07, 6.45) is 11.6. The van der Waals surface area contributed by atoms with E-state index in [4.69, 9.17) is 20.4 Å². The third-order valence-electron chi connectivity index (χ3n) is 6.96. The lowest BCUT2D eigenvalue weighted by atomic mass is 9.85. The van der Waals surface area contributed by atoms with E-state index in [1.165, 1.54) is 64.6 Å². The van der Waals surface area contributed by atoms with Crippen LogP contribution in [0.4, 0.5) is 0 Å². The number of fused-ring (bicyclic) bond motifs is 1. The summed E-state index contributed by atoms with van der Waals surface area (Å²) in [4.78, 5) is 43.6. The van der Waals surface area contributed by atoms with Crippen molar-refractivity contribution in [2.45, 2.75) is 70.9 Å². The smallest absolute Gasteiger partial charge is 0.328 e. The molecule has 0 radical (unpaired) electrons. The maximum atomic E-state index is 9.55. The van der Waals surface area contributed by atoms with Gasteiger partial charge in [-0.1, -0.05) is 38.1 Å². The zero-order valence-corrected chi connectivity index (χ0v) is 23.7. The molecule has 1 fully saturated rings. The van der Waals surface area contributed by atoms with Crippen molar-refractivity contribution in [1.29, 1.82) is 0 Å². The Kier molecular flexibility index (Phi) is 16.2. The minimum Gasteiger partial charge on any atom is -0.478 e. The summed E-state index contributed by atoms with van der Waals surface area (Å²) >= 11 is 0. The first-order valence-corrected chi connectivity index (χ1v) is 13.7. The Morgan fingerprint density at radius 1 is 0.875 bits per heavy atom.